The van der Waals surface area contributed by atoms with E-state index in [0.29, 0.717) is 0 Å². The van der Waals surface area contributed by atoms with Crippen molar-refractivity contribution in [3.8, 4) is 0 Å². The Balaban J connectivity index is 2.61. The Morgan fingerprint density at radius 2 is 1.75 bits per heavy atom. The molecule has 0 amide bonds. The predicted octanol–water partition coefficient (Wildman–Crippen LogP) is 1.82. The highest BCUT2D eigenvalue weighted by Gasteiger charge is 2.54. The summed E-state index contributed by atoms with van der Waals surface area (Å²) >= 11 is 0. The molecule has 4 heteroatoms. The minimum Gasteiger partial charge on any atom is -0.202 e. The quantitative estimate of drug-likeness (QED) is 0.504. The van der Waals surface area contributed by atoms with Crippen LogP contribution in [0, 0.1) is 0 Å². The second-order valence-corrected chi connectivity index (χ2v) is 2.11. The third-order valence-corrected chi connectivity index (χ3v) is 1.23. The zero-order valence-corrected chi connectivity index (χ0v) is 4.65. The maximum Gasteiger partial charge on any atom is 0.293 e. The molecule has 0 saturated carbocycles. The highest BCUT2D eigenvalue weighted by Crippen LogP contribution is 2.41. The van der Waals surface area contributed by atoms with Gasteiger partial charge in [0.15, 0.2) is 0 Å². The normalized spacial score (nSPS) is 23.5. The van der Waals surface area contributed by atoms with Crippen LogP contribution in [0.2, 0.25) is 0 Å². The first-order valence-corrected chi connectivity index (χ1v) is 2.28. The molecule has 0 aromatic heterocycles. The van der Waals surface area contributed by atoms with Crippen LogP contribution in [0.5, 0.6) is 0 Å². The lowest BCUT2D eigenvalue weighted by Crippen LogP contribution is -2.30. The Hall–Kier alpha value is -0.540. The number of halogens is 2. The lowest BCUT2D eigenvalue weighted by Gasteiger charge is -2.11. The van der Waals surface area contributed by atoms with Crippen LogP contribution in [0.1, 0.15) is 13.8 Å². The molecule has 2 nitrogen and oxygen atoms in total. The van der Waals surface area contributed by atoms with Crippen molar-refractivity contribution in [2.45, 2.75) is 25.4 Å². The fourth-order valence-corrected chi connectivity index (χ4v) is 0.251. The molecule has 1 heterocycles. The summed E-state index contributed by atoms with van der Waals surface area (Å²) in [6.07, 6.45) is 0. The van der Waals surface area contributed by atoms with Gasteiger partial charge in [-0.3, -0.25) is 0 Å². The number of rotatable bonds is 1. The third kappa shape index (κ3) is 0.599. The van der Waals surface area contributed by atoms with Crippen molar-refractivity contribution in [1.29, 1.82) is 0 Å². The van der Waals surface area contributed by atoms with Crippen LogP contribution < -0.4 is 0 Å². The van der Waals surface area contributed by atoms with Gasteiger partial charge in [-0.25, -0.2) is 8.78 Å². The van der Waals surface area contributed by atoms with Crippen molar-refractivity contribution in [2.75, 3.05) is 0 Å². The molecular formula is C4H6F2N2. The van der Waals surface area contributed by atoms with Gasteiger partial charge in [0, 0.05) is 6.92 Å². The van der Waals surface area contributed by atoms with E-state index < -0.39 is 11.6 Å². The van der Waals surface area contributed by atoms with Crippen molar-refractivity contribution >= 4 is 0 Å². The second-order valence-electron chi connectivity index (χ2n) is 2.11. The average Bonchev–Trinajstić information content (AvgIpc) is 2.16. The summed E-state index contributed by atoms with van der Waals surface area (Å²) in [4.78, 5) is 0. The van der Waals surface area contributed by atoms with Gasteiger partial charge < -0.3 is 0 Å². The molecule has 0 aromatic rings. The first-order valence-electron chi connectivity index (χ1n) is 2.28. The number of nitrogens with zero attached hydrogens (tertiary/aromatic N) is 2. The van der Waals surface area contributed by atoms with Crippen molar-refractivity contribution in [3.63, 3.8) is 0 Å². The van der Waals surface area contributed by atoms with Crippen LogP contribution in [0.4, 0.5) is 8.78 Å². The van der Waals surface area contributed by atoms with Crippen molar-refractivity contribution < 1.29 is 8.78 Å². The molecule has 46 valence electrons. The molecule has 0 unspecified atom stereocenters. The van der Waals surface area contributed by atoms with E-state index in [1.54, 1.807) is 0 Å². The van der Waals surface area contributed by atoms with E-state index in [1.165, 1.54) is 6.92 Å². The number of hydrogen-bond acceptors (Lipinski definition) is 2. The predicted molar refractivity (Wildman–Crippen MR) is 23.9 cm³/mol. The van der Waals surface area contributed by atoms with Crippen molar-refractivity contribution in [1.82, 2.24) is 0 Å². The third-order valence-electron chi connectivity index (χ3n) is 1.23. The molecule has 0 aliphatic carbocycles. The largest absolute Gasteiger partial charge is 0.293 e. The van der Waals surface area contributed by atoms with Gasteiger partial charge >= 0.3 is 0 Å². The first kappa shape index (κ1) is 5.59. The molecule has 8 heavy (non-hydrogen) atoms. The van der Waals surface area contributed by atoms with Gasteiger partial charge in [0.2, 0.25) is 5.66 Å². The first-order chi connectivity index (χ1) is 3.46. The van der Waals surface area contributed by atoms with Gasteiger partial charge in [0.25, 0.3) is 5.92 Å². The van der Waals surface area contributed by atoms with Crippen molar-refractivity contribution in [3.05, 3.63) is 0 Å². The molecular weight excluding hydrogens is 114 g/mol. The summed E-state index contributed by atoms with van der Waals surface area (Å²) in [6, 6.07) is 0. The van der Waals surface area contributed by atoms with Gasteiger partial charge in [-0.1, -0.05) is 0 Å². The van der Waals surface area contributed by atoms with Gasteiger partial charge in [-0.05, 0) is 6.92 Å². The zero-order chi connectivity index (χ0) is 6.41. The van der Waals surface area contributed by atoms with E-state index >= 15 is 0 Å². The molecule has 0 atom stereocenters. The monoisotopic (exact) mass is 120 g/mol. The SMILES string of the molecule is CC(F)(F)C1(C)N=N1. The summed E-state index contributed by atoms with van der Waals surface area (Å²) in [5.74, 6) is -2.78. The van der Waals surface area contributed by atoms with E-state index in [2.05, 4.69) is 10.2 Å². The second kappa shape index (κ2) is 1.06. The molecule has 0 bridgehead atoms. The lowest BCUT2D eigenvalue weighted by molar-refractivity contribution is -0.0185. The Morgan fingerprint density at radius 1 is 1.38 bits per heavy atom. The maximum absolute atomic E-state index is 12.1. The summed E-state index contributed by atoms with van der Waals surface area (Å²) in [7, 11) is 0. The standard InChI is InChI=1S/C4H6F2N2/c1-3(5,6)4(2)7-8-4/h1-2H3. The Bertz CT molecular complexity index is 126. The molecule has 0 saturated heterocycles. The van der Waals surface area contributed by atoms with Gasteiger partial charge in [-0.15, -0.1) is 0 Å². The van der Waals surface area contributed by atoms with Crippen LogP contribution in [0.15, 0.2) is 10.2 Å². The van der Waals surface area contributed by atoms with Crippen LogP contribution in [-0.2, 0) is 0 Å². The summed E-state index contributed by atoms with van der Waals surface area (Å²) < 4.78 is 24.2. The molecule has 0 spiro atoms. The van der Waals surface area contributed by atoms with Gasteiger partial charge in [0.05, 0.1) is 0 Å². The zero-order valence-electron chi connectivity index (χ0n) is 4.65. The topological polar surface area (TPSA) is 24.7 Å². The smallest absolute Gasteiger partial charge is 0.202 e. The molecule has 0 aromatic carbocycles. The summed E-state index contributed by atoms with van der Waals surface area (Å²) in [5, 5.41) is 6.36. The average molecular weight is 120 g/mol. The Kier molecular flexibility index (Phi) is 0.743. The minimum absolute atomic E-state index is 0.812. The van der Waals surface area contributed by atoms with E-state index in [1.807, 2.05) is 0 Å². The van der Waals surface area contributed by atoms with Crippen LogP contribution in [-0.4, -0.2) is 11.6 Å². The summed E-state index contributed by atoms with van der Waals surface area (Å²) in [6.45, 7) is 2.11. The fourth-order valence-electron chi connectivity index (χ4n) is 0.251. The van der Waals surface area contributed by atoms with E-state index in [0.717, 1.165) is 6.92 Å². The highest BCUT2D eigenvalue weighted by atomic mass is 19.3. The number of hydrogen-bond donors (Lipinski definition) is 0. The molecule has 1 rings (SSSR count). The highest BCUT2D eigenvalue weighted by molar-refractivity contribution is 4.98. The molecule has 0 N–H and O–H groups in total. The molecule has 1 aliphatic rings. The lowest BCUT2D eigenvalue weighted by atomic mass is 10.1. The van der Waals surface area contributed by atoms with E-state index in [9.17, 15) is 8.78 Å². The van der Waals surface area contributed by atoms with Crippen LogP contribution in [0.3, 0.4) is 0 Å². The van der Waals surface area contributed by atoms with Crippen LogP contribution >= 0.6 is 0 Å². The fraction of sp³-hybridized carbons (Fsp3) is 1.00. The van der Waals surface area contributed by atoms with Crippen molar-refractivity contribution in [2.24, 2.45) is 10.2 Å². The Morgan fingerprint density at radius 3 is 1.75 bits per heavy atom. The molecule has 0 radical (unpaired) electrons. The molecule has 0 fully saturated rings. The number of alkyl halides is 2. The molecule has 1 aliphatic heterocycles. The maximum atomic E-state index is 12.1. The van der Waals surface area contributed by atoms with Crippen LogP contribution in [0.25, 0.3) is 0 Å². The Labute approximate surface area is 45.6 Å². The summed E-state index contributed by atoms with van der Waals surface area (Å²) in [5.41, 5.74) is -1.40. The van der Waals surface area contributed by atoms with E-state index in [4.69, 9.17) is 0 Å². The van der Waals surface area contributed by atoms with E-state index in [-0.39, 0.29) is 0 Å². The minimum atomic E-state index is -2.78. The van der Waals surface area contributed by atoms with Gasteiger partial charge in [0.1, 0.15) is 0 Å². The van der Waals surface area contributed by atoms with Gasteiger partial charge in [-0.2, -0.15) is 10.2 Å².